The van der Waals surface area contributed by atoms with E-state index in [1.54, 1.807) is 30.5 Å². The van der Waals surface area contributed by atoms with Gasteiger partial charge < -0.3 is 10.0 Å². The van der Waals surface area contributed by atoms with E-state index in [4.69, 9.17) is 0 Å². The number of hydrogen-bond acceptors (Lipinski definition) is 3. The zero-order valence-corrected chi connectivity index (χ0v) is 12.4. The average molecular weight is 279 g/mol. The summed E-state index contributed by atoms with van der Waals surface area (Å²) in [6.45, 7) is 6.23. The predicted octanol–water partition coefficient (Wildman–Crippen LogP) is 1.36. The van der Waals surface area contributed by atoms with E-state index in [1.165, 1.54) is 0 Å². The highest BCUT2D eigenvalue weighted by atomic mass is 16.4. The first-order valence-electron chi connectivity index (χ1n) is 6.79. The summed E-state index contributed by atoms with van der Waals surface area (Å²) >= 11 is 0. The van der Waals surface area contributed by atoms with E-state index in [1.807, 2.05) is 6.92 Å². The lowest BCUT2D eigenvalue weighted by Crippen LogP contribution is -2.48. The van der Waals surface area contributed by atoms with Crippen LogP contribution in [0.1, 0.15) is 41.5 Å². The van der Waals surface area contributed by atoms with E-state index < -0.39 is 11.4 Å². The Morgan fingerprint density at radius 2 is 2.00 bits per heavy atom. The van der Waals surface area contributed by atoms with Gasteiger partial charge in [0.1, 0.15) is 0 Å². The Hall–Kier alpha value is -1.85. The summed E-state index contributed by atoms with van der Waals surface area (Å²) in [6.07, 6.45) is 1.32. The van der Waals surface area contributed by atoms with Crippen molar-refractivity contribution in [2.24, 2.45) is 12.5 Å². The zero-order chi connectivity index (χ0) is 15.1. The maximum atomic E-state index is 12.6. The van der Waals surface area contributed by atoms with Crippen molar-refractivity contribution in [1.82, 2.24) is 14.7 Å². The van der Waals surface area contributed by atoms with Crippen molar-refractivity contribution in [2.75, 3.05) is 13.1 Å². The first-order valence-corrected chi connectivity index (χ1v) is 6.79. The molecule has 20 heavy (non-hydrogen) atoms. The van der Waals surface area contributed by atoms with Gasteiger partial charge in [0.05, 0.1) is 16.7 Å². The van der Waals surface area contributed by atoms with Gasteiger partial charge in [0.2, 0.25) is 0 Å². The highest BCUT2D eigenvalue weighted by Crippen LogP contribution is 2.31. The first kappa shape index (κ1) is 14.6. The molecule has 1 saturated heterocycles. The van der Waals surface area contributed by atoms with Gasteiger partial charge in [-0.15, -0.1) is 0 Å². The number of carbonyl (C=O) groups excluding carboxylic acids is 1. The summed E-state index contributed by atoms with van der Waals surface area (Å²) in [5.74, 6) is -0.949. The number of rotatable bonds is 2. The quantitative estimate of drug-likeness (QED) is 0.887. The number of piperidine rings is 1. The number of aliphatic carboxylic acids is 1. The Bertz CT molecular complexity index is 564. The molecule has 1 N–H and O–H groups in total. The molecule has 0 spiro atoms. The van der Waals surface area contributed by atoms with E-state index >= 15 is 0 Å². The van der Waals surface area contributed by atoms with E-state index in [2.05, 4.69) is 5.10 Å². The number of aryl methyl sites for hydroxylation is 2. The fourth-order valence-electron chi connectivity index (χ4n) is 2.83. The van der Waals surface area contributed by atoms with E-state index in [9.17, 15) is 14.7 Å². The fraction of sp³-hybridized carbons (Fsp3) is 0.643. The number of carbonyl (C=O) groups is 2. The number of carboxylic acids is 1. The second-order valence-corrected chi connectivity index (χ2v) is 5.87. The third-order valence-electron chi connectivity index (χ3n) is 4.22. The van der Waals surface area contributed by atoms with Crippen LogP contribution >= 0.6 is 0 Å². The lowest BCUT2D eigenvalue weighted by atomic mass is 9.82. The molecule has 1 amide bonds. The Balaban J connectivity index is 2.27. The van der Waals surface area contributed by atoms with Crippen LogP contribution in [-0.4, -0.2) is 44.8 Å². The monoisotopic (exact) mass is 279 g/mol. The molecular weight excluding hydrogens is 258 g/mol. The maximum absolute atomic E-state index is 12.6. The smallest absolute Gasteiger partial charge is 0.311 e. The summed E-state index contributed by atoms with van der Waals surface area (Å²) in [5.41, 5.74) is 1.26. The molecule has 1 aliphatic heterocycles. The second-order valence-electron chi connectivity index (χ2n) is 5.87. The summed E-state index contributed by atoms with van der Waals surface area (Å²) in [6, 6.07) is 0. The van der Waals surface area contributed by atoms with Crippen LogP contribution in [0.2, 0.25) is 0 Å². The van der Waals surface area contributed by atoms with Crippen LogP contribution in [0.5, 0.6) is 0 Å². The normalized spacial score (nSPS) is 22.9. The third kappa shape index (κ3) is 2.30. The SMILES string of the molecule is Cc1nn(C)c(C)c1C(=O)N1CCCC(C)(C(=O)O)C1. The van der Waals surface area contributed by atoms with Gasteiger partial charge in [-0.3, -0.25) is 14.3 Å². The summed E-state index contributed by atoms with van der Waals surface area (Å²) < 4.78 is 1.68. The van der Waals surface area contributed by atoms with Gasteiger partial charge in [-0.25, -0.2) is 0 Å². The van der Waals surface area contributed by atoms with Crippen molar-refractivity contribution < 1.29 is 14.7 Å². The molecule has 110 valence electrons. The Kier molecular flexibility index (Phi) is 3.58. The molecule has 0 saturated carbocycles. The topological polar surface area (TPSA) is 75.4 Å². The van der Waals surface area contributed by atoms with Crippen molar-refractivity contribution in [3.05, 3.63) is 17.0 Å². The van der Waals surface area contributed by atoms with Gasteiger partial charge in [-0.2, -0.15) is 5.10 Å². The van der Waals surface area contributed by atoms with Gasteiger partial charge in [-0.05, 0) is 33.6 Å². The molecule has 1 aliphatic rings. The maximum Gasteiger partial charge on any atom is 0.311 e. The number of carboxylic acid groups (broad SMARTS) is 1. The van der Waals surface area contributed by atoms with Crippen LogP contribution in [0.4, 0.5) is 0 Å². The molecule has 1 fully saturated rings. The van der Waals surface area contributed by atoms with Crippen LogP contribution in [0.3, 0.4) is 0 Å². The molecule has 6 nitrogen and oxygen atoms in total. The summed E-state index contributed by atoms with van der Waals surface area (Å²) in [7, 11) is 1.80. The van der Waals surface area contributed by atoms with E-state index in [0.717, 1.165) is 5.69 Å². The molecule has 0 aromatic carbocycles. The highest BCUT2D eigenvalue weighted by molar-refractivity contribution is 5.96. The van der Waals surface area contributed by atoms with Crippen LogP contribution < -0.4 is 0 Å². The number of amides is 1. The van der Waals surface area contributed by atoms with E-state index in [-0.39, 0.29) is 12.5 Å². The molecule has 1 atom stereocenters. The fourth-order valence-corrected chi connectivity index (χ4v) is 2.83. The van der Waals surface area contributed by atoms with Gasteiger partial charge in [0, 0.05) is 25.8 Å². The predicted molar refractivity (Wildman–Crippen MR) is 73.6 cm³/mol. The van der Waals surface area contributed by atoms with Gasteiger partial charge in [-0.1, -0.05) is 0 Å². The van der Waals surface area contributed by atoms with E-state index in [0.29, 0.717) is 30.6 Å². The van der Waals surface area contributed by atoms with Crippen LogP contribution in [-0.2, 0) is 11.8 Å². The largest absolute Gasteiger partial charge is 0.481 e. The molecule has 2 rings (SSSR count). The number of likely N-dealkylation sites (tertiary alicyclic amines) is 1. The minimum Gasteiger partial charge on any atom is -0.481 e. The second kappa shape index (κ2) is 4.92. The molecule has 0 radical (unpaired) electrons. The molecule has 2 heterocycles. The minimum absolute atomic E-state index is 0.111. The van der Waals surface area contributed by atoms with Crippen LogP contribution in [0, 0.1) is 19.3 Å². The van der Waals surface area contributed by atoms with Crippen molar-refractivity contribution >= 4 is 11.9 Å². The standard InChI is InChI=1S/C14H21N3O3/c1-9-11(10(2)16(4)15-9)12(18)17-7-5-6-14(3,8-17)13(19)20/h5-8H2,1-4H3,(H,19,20). The third-order valence-corrected chi connectivity index (χ3v) is 4.22. The Morgan fingerprint density at radius 1 is 1.35 bits per heavy atom. The molecule has 1 aromatic rings. The van der Waals surface area contributed by atoms with Crippen molar-refractivity contribution in [3.8, 4) is 0 Å². The molecule has 6 heteroatoms. The first-order chi connectivity index (χ1) is 9.26. The van der Waals surface area contributed by atoms with Crippen molar-refractivity contribution in [3.63, 3.8) is 0 Å². The van der Waals surface area contributed by atoms with Gasteiger partial charge in [0.15, 0.2) is 0 Å². The molecule has 0 aliphatic carbocycles. The molecule has 0 bridgehead atoms. The van der Waals surface area contributed by atoms with Crippen molar-refractivity contribution in [1.29, 1.82) is 0 Å². The van der Waals surface area contributed by atoms with Crippen LogP contribution in [0.25, 0.3) is 0 Å². The lowest BCUT2D eigenvalue weighted by molar-refractivity contribution is -0.150. The molecule has 1 unspecified atom stereocenters. The minimum atomic E-state index is -0.849. The molecular formula is C14H21N3O3. The average Bonchev–Trinajstić information content (AvgIpc) is 2.62. The molecule has 1 aromatic heterocycles. The number of aromatic nitrogens is 2. The summed E-state index contributed by atoms with van der Waals surface area (Å²) in [4.78, 5) is 25.7. The van der Waals surface area contributed by atoms with Crippen LogP contribution in [0.15, 0.2) is 0 Å². The van der Waals surface area contributed by atoms with Gasteiger partial charge >= 0.3 is 5.97 Å². The van der Waals surface area contributed by atoms with Gasteiger partial charge in [0.25, 0.3) is 5.91 Å². The zero-order valence-electron chi connectivity index (χ0n) is 12.4. The van der Waals surface area contributed by atoms with Crippen molar-refractivity contribution in [2.45, 2.75) is 33.6 Å². The number of hydrogen-bond donors (Lipinski definition) is 1. The highest BCUT2D eigenvalue weighted by Gasteiger charge is 2.40. The summed E-state index contributed by atoms with van der Waals surface area (Å²) in [5, 5.41) is 13.6. The Morgan fingerprint density at radius 3 is 2.50 bits per heavy atom. The lowest BCUT2D eigenvalue weighted by Gasteiger charge is -2.37. The number of nitrogens with zero attached hydrogens (tertiary/aromatic N) is 3. The Labute approximate surface area is 118 Å².